The zero-order valence-corrected chi connectivity index (χ0v) is 15.8. The highest BCUT2D eigenvalue weighted by Crippen LogP contribution is 2.21. The Morgan fingerprint density at radius 1 is 1.08 bits per heavy atom. The maximum absolute atomic E-state index is 13.0. The molecule has 2 aromatic rings. The highest BCUT2D eigenvalue weighted by atomic mass is 35.5. The summed E-state index contributed by atoms with van der Waals surface area (Å²) in [4.78, 5) is 2.09. The van der Waals surface area contributed by atoms with E-state index in [4.69, 9.17) is 16.9 Å². The summed E-state index contributed by atoms with van der Waals surface area (Å²) in [6.07, 6.45) is 0. The van der Waals surface area contributed by atoms with Gasteiger partial charge in [-0.3, -0.25) is 0 Å². The Morgan fingerprint density at radius 2 is 1.80 bits per heavy atom. The Kier molecular flexibility index (Phi) is 6.57. The van der Waals surface area contributed by atoms with E-state index < -0.39 is 10.0 Å². The van der Waals surface area contributed by atoms with Crippen LogP contribution in [0.3, 0.4) is 0 Å². The summed E-state index contributed by atoms with van der Waals surface area (Å²) in [5, 5.41) is 9.41. The summed E-state index contributed by atoms with van der Waals surface area (Å²) in [6, 6.07) is 15.3. The normalized spacial score (nSPS) is 11.7. The summed E-state index contributed by atoms with van der Waals surface area (Å²) in [5.74, 6) is 0. The van der Waals surface area contributed by atoms with Crippen LogP contribution in [0.25, 0.3) is 0 Å². The van der Waals surface area contributed by atoms with E-state index in [1.807, 2.05) is 25.1 Å². The third-order valence-corrected chi connectivity index (χ3v) is 5.72. The van der Waals surface area contributed by atoms with E-state index in [0.29, 0.717) is 23.7 Å². The quantitative estimate of drug-likeness (QED) is 0.744. The number of hydrogen-bond acceptors (Lipinski definition) is 4. The smallest absolute Gasteiger partial charge is 0.243 e. The third-order valence-electron chi connectivity index (χ3n) is 3.65. The molecule has 2 aromatic carbocycles. The van der Waals surface area contributed by atoms with E-state index in [-0.39, 0.29) is 11.4 Å². The van der Waals surface area contributed by atoms with Crippen molar-refractivity contribution in [2.75, 3.05) is 27.2 Å². The van der Waals surface area contributed by atoms with E-state index in [9.17, 15) is 8.42 Å². The summed E-state index contributed by atoms with van der Waals surface area (Å²) < 4.78 is 27.5. The van der Waals surface area contributed by atoms with E-state index in [1.165, 1.54) is 16.4 Å². The molecule has 0 unspecified atom stereocenters. The van der Waals surface area contributed by atoms with Crippen LogP contribution in [0.4, 0.5) is 0 Å². The molecule has 2 rings (SSSR count). The van der Waals surface area contributed by atoms with Crippen molar-refractivity contribution in [1.82, 2.24) is 9.21 Å². The molecule has 0 aliphatic heterocycles. The first kappa shape index (κ1) is 19.4. The topological polar surface area (TPSA) is 64.4 Å². The van der Waals surface area contributed by atoms with Crippen molar-refractivity contribution >= 4 is 21.6 Å². The Labute approximate surface area is 154 Å². The van der Waals surface area contributed by atoms with Gasteiger partial charge in [0.15, 0.2) is 0 Å². The average Bonchev–Trinajstić information content (AvgIpc) is 2.58. The van der Waals surface area contributed by atoms with E-state index in [2.05, 4.69) is 6.07 Å². The van der Waals surface area contributed by atoms with Gasteiger partial charge in [-0.25, -0.2) is 8.42 Å². The van der Waals surface area contributed by atoms with Gasteiger partial charge in [0.05, 0.1) is 16.5 Å². The molecule has 0 atom stereocenters. The molecule has 0 amide bonds. The van der Waals surface area contributed by atoms with Gasteiger partial charge in [-0.1, -0.05) is 29.8 Å². The number of rotatable bonds is 7. The lowest BCUT2D eigenvalue weighted by Gasteiger charge is -2.24. The molecule has 0 bridgehead atoms. The molecule has 0 aliphatic rings. The predicted octanol–water partition coefficient (Wildman–Crippen LogP) is 2.96. The highest BCUT2D eigenvalue weighted by molar-refractivity contribution is 7.89. The summed E-state index contributed by atoms with van der Waals surface area (Å²) in [6.45, 7) is 1.11. The second kappa shape index (κ2) is 8.45. The van der Waals surface area contributed by atoms with E-state index >= 15 is 0 Å². The number of nitrogens with zero attached hydrogens (tertiary/aromatic N) is 3. The number of nitriles is 1. The monoisotopic (exact) mass is 377 g/mol. The van der Waals surface area contributed by atoms with Crippen LogP contribution in [-0.2, 0) is 16.6 Å². The lowest BCUT2D eigenvalue weighted by Crippen LogP contribution is -2.36. The van der Waals surface area contributed by atoms with Crippen LogP contribution < -0.4 is 0 Å². The first-order chi connectivity index (χ1) is 11.8. The van der Waals surface area contributed by atoms with Crippen LogP contribution in [0.15, 0.2) is 53.4 Å². The molecule has 0 radical (unpaired) electrons. The number of sulfonamides is 1. The molecule has 132 valence electrons. The van der Waals surface area contributed by atoms with Crippen LogP contribution in [0, 0.1) is 11.3 Å². The third kappa shape index (κ3) is 5.28. The zero-order valence-electron chi connectivity index (χ0n) is 14.2. The molecule has 25 heavy (non-hydrogen) atoms. The molecule has 7 heteroatoms. The minimum Gasteiger partial charge on any atom is -0.308 e. The second-order valence-corrected chi connectivity index (χ2v) is 8.29. The molecule has 0 fully saturated rings. The number of benzene rings is 2. The predicted molar refractivity (Wildman–Crippen MR) is 98.8 cm³/mol. The molecule has 0 N–H and O–H groups in total. The molecule has 0 aromatic heterocycles. The van der Waals surface area contributed by atoms with Gasteiger partial charge >= 0.3 is 0 Å². The van der Waals surface area contributed by atoms with E-state index in [0.717, 1.165) is 5.56 Å². The van der Waals surface area contributed by atoms with Crippen molar-refractivity contribution in [3.05, 3.63) is 64.7 Å². The highest BCUT2D eigenvalue weighted by Gasteiger charge is 2.25. The Morgan fingerprint density at radius 3 is 2.44 bits per heavy atom. The second-order valence-electron chi connectivity index (χ2n) is 5.91. The molecule has 0 saturated carbocycles. The van der Waals surface area contributed by atoms with Gasteiger partial charge in [0.25, 0.3) is 0 Å². The first-order valence-corrected chi connectivity index (χ1v) is 9.54. The summed E-state index contributed by atoms with van der Waals surface area (Å²) >= 11 is 5.96. The van der Waals surface area contributed by atoms with Crippen molar-refractivity contribution in [1.29, 1.82) is 5.26 Å². The molecule has 0 spiro atoms. The number of hydrogen-bond donors (Lipinski definition) is 0. The van der Waals surface area contributed by atoms with Gasteiger partial charge in [-0.2, -0.15) is 9.57 Å². The van der Waals surface area contributed by atoms with Crippen LogP contribution in [0.1, 0.15) is 11.1 Å². The van der Waals surface area contributed by atoms with Crippen molar-refractivity contribution in [2.24, 2.45) is 0 Å². The van der Waals surface area contributed by atoms with Gasteiger partial charge < -0.3 is 4.90 Å². The average molecular weight is 378 g/mol. The maximum atomic E-state index is 13.0. The minimum atomic E-state index is -3.70. The fourth-order valence-electron chi connectivity index (χ4n) is 2.32. The van der Waals surface area contributed by atoms with Crippen molar-refractivity contribution in [3.8, 4) is 6.07 Å². The zero-order chi connectivity index (χ0) is 18.4. The Bertz CT molecular complexity index is 876. The maximum Gasteiger partial charge on any atom is 0.243 e. The van der Waals surface area contributed by atoms with Crippen LogP contribution >= 0.6 is 11.6 Å². The molecule has 0 heterocycles. The van der Waals surface area contributed by atoms with Crippen LogP contribution in [0.5, 0.6) is 0 Å². The fourth-order valence-corrected chi connectivity index (χ4v) is 4.04. The van der Waals surface area contributed by atoms with Crippen molar-refractivity contribution in [3.63, 3.8) is 0 Å². The van der Waals surface area contributed by atoms with Gasteiger partial charge in [0.2, 0.25) is 10.0 Å². The largest absolute Gasteiger partial charge is 0.308 e. The summed E-state index contributed by atoms with van der Waals surface area (Å²) in [5.41, 5.74) is 1.27. The lowest BCUT2D eigenvalue weighted by molar-refractivity contribution is 0.329. The Balaban J connectivity index is 2.36. The van der Waals surface area contributed by atoms with Gasteiger partial charge in [0, 0.05) is 24.7 Å². The van der Waals surface area contributed by atoms with Crippen LogP contribution in [0.2, 0.25) is 5.02 Å². The van der Waals surface area contributed by atoms with Crippen LogP contribution in [-0.4, -0.2) is 44.8 Å². The van der Waals surface area contributed by atoms with Gasteiger partial charge in [0.1, 0.15) is 0 Å². The van der Waals surface area contributed by atoms with Gasteiger partial charge in [-0.05, 0) is 50.0 Å². The Hall–Kier alpha value is -1.91. The molecule has 0 aliphatic carbocycles. The standard InChI is InChI=1S/C18H20ClN3O2S/c1-21(2)9-10-22(14-16-6-3-5-15(11-16)13-20)25(23,24)18-8-4-7-17(19)12-18/h3-8,11-12H,9-10,14H2,1-2H3. The first-order valence-electron chi connectivity index (χ1n) is 7.72. The van der Waals surface area contributed by atoms with Crippen molar-refractivity contribution in [2.45, 2.75) is 11.4 Å². The fraction of sp³-hybridized carbons (Fsp3) is 0.278. The molecule has 5 nitrogen and oxygen atoms in total. The van der Waals surface area contributed by atoms with Crippen molar-refractivity contribution < 1.29 is 8.42 Å². The number of likely N-dealkylation sites (N-methyl/N-ethyl adjacent to an activating group) is 1. The summed E-state index contributed by atoms with van der Waals surface area (Å²) in [7, 11) is 0.0811. The lowest BCUT2D eigenvalue weighted by atomic mass is 10.1. The molecular weight excluding hydrogens is 358 g/mol. The number of halogens is 1. The molecule has 0 saturated heterocycles. The SMILES string of the molecule is CN(C)CCN(Cc1cccc(C#N)c1)S(=O)(=O)c1cccc(Cl)c1. The minimum absolute atomic E-state index is 0.162. The molecular formula is C18H20ClN3O2S. The van der Waals surface area contributed by atoms with Gasteiger partial charge in [-0.15, -0.1) is 0 Å². The van der Waals surface area contributed by atoms with E-state index in [1.54, 1.807) is 30.3 Å².